The topological polar surface area (TPSA) is 120 Å². The molecule has 1 aromatic heterocycles. The number of rotatable bonds is 8. The van der Waals surface area contributed by atoms with Crippen LogP contribution in [0.2, 0.25) is 0 Å². The van der Waals surface area contributed by atoms with Crippen LogP contribution in [0.4, 0.5) is 4.79 Å². The summed E-state index contributed by atoms with van der Waals surface area (Å²) in [4.78, 5) is 25.5. The molecule has 2 heterocycles. The van der Waals surface area contributed by atoms with Crippen molar-refractivity contribution in [1.82, 2.24) is 30.8 Å². The first-order chi connectivity index (χ1) is 16.9. The molecule has 0 saturated heterocycles. The van der Waals surface area contributed by atoms with Crippen LogP contribution < -0.4 is 15.4 Å². The summed E-state index contributed by atoms with van der Waals surface area (Å²) in [6.07, 6.45) is 0. The second kappa shape index (κ2) is 10.6. The van der Waals surface area contributed by atoms with E-state index in [1.807, 2.05) is 32.0 Å². The van der Waals surface area contributed by atoms with Crippen LogP contribution in [0, 0.1) is 13.8 Å². The minimum absolute atomic E-state index is 0.205. The van der Waals surface area contributed by atoms with Gasteiger partial charge in [-0.3, -0.25) is 0 Å². The molecule has 0 saturated carbocycles. The minimum atomic E-state index is -0.681. The van der Waals surface area contributed by atoms with E-state index in [0.29, 0.717) is 22.2 Å². The van der Waals surface area contributed by atoms with E-state index in [-0.39, 0.29) is 12.4 Å². The van der Waals surface area contributed by atoms with E-state index >= 15 is 0 Å². The van der Waals surface area contributed by atoms with Crippen molar-refractivity contribution in [3.63, 3.8) is 0 Å². The Labute approximate surface area is 207 Å². The van der Waals surface area contributed by atoms with Gasteiger partial charge in [0.15, 0.2) is 0 Å². The molecule has 0 bridgehead atoms. The number of tetrazole rings is 1. The molecule has 182 valence electrons. The Morgan fingerprint density at radius 3 is 2.60 bits per heavy atom. The number of carbonyl (C=O) groups excluding carboxylic acids is 2. The third-order valence-electron chi connectivity index (χ3n) is 5.62. The third kappa shape index (κ3) is 5.29. The van der Waals surface area contributed by atoms with Crippen molar-refractivity contribution in [1.29, 1.82) is 0 Å². The highest BCUT2D eigenvalue weighted by Gasteiger charge is 2.34. The highest BCUT2D eigenvalue weighted by atomic mass is 32.2. The molecule has 3 aromatic rings. The van der Waals surface area contributed by atoms with E-state index < -0.39 is 18.0 Å². The summed E-state index contributed by atoms with van der Waals surface area (Å²) in [7, 11) is 1.58. The fourth-order valence-electron chi connectivity index (χ4n) is 3.65. The van der Waals surface area contributed by atoms with Gasteiger partial charge in [-0.25, -0.2) is 9.59 Å². The fourth-order valence-corrected chi connectivity index (χ4v) is 4.51. The molecule has 1 unspecified atom stereocenters. The largest absolute Gasteiger partial charge is 0.497 e. The van der Waals surface area contributed by atoms with E-state index in [1.165, 1.54) is 17.3 Å². The monoisotopic (exact) mass is 494 g/mol. The predicted molar refractivity (Wildman–Crippen MR) is 130 cm³/mol. The van der Waals surface area contributed by atoms with E-state index in [2.05, 4.69) is 26.2 Å². The summed E-state index contributed by atoms with van der Waals surface area (Å²) >= 11 is 1.31. The Kier molecular flexibility index (Phi) is 7.35. The Bertz CT molecular complexity index is 1270. The van der Waals surface area contributed by atoms with Crippen molar-refractivity contribution in [2.24, 2.45) is 0 Å². The lowest BCUT2D eigenvalue weighted by Gasteiger charge is -2.29. The maximum absolute atomic E-state index is 13.0. The average Bonchev–Trinajstić information content (AvgIpc) is 3.33. The van der Waals surface area contributed by atoms with Crippen LogP contribution in [-0.4, -0.2) is 51.7 Å². The van der Waals surface area contributed by atoms with E-state index in [9.17, 15) is 9.59 Å². The molecule has 1 atom stereocenters. The Morgan fingerprint density at radius 1 is 1.14 bits per heavy atom. The number of nitrogens with one attached hydrogen (secondary N) is 2. The highest BCUT2D eigenvalue weighted by Crippen LogP contribution is 2.31. The number of aromatic nitrogens is 4. The number of benzene rings is 2. The molecule has 2 aromatic carbocycles. The van der Waals surface area contributed by atoms with Crippen LogP contribution >= 0.6 is 11.8 Å². The van der Waals surface area contributed by atoms with Crippen LogP contribution in [0.1, 0.15) is 29.7 Å². The quantitative estimate of drug-likeness (QED) is 0.362. The highest BCUT2D eigenvalue weighted by molar-refractivity contribution is 7.99. The number of nitrogens with zero attached hydrogens (tertiary/aromatic N) is 4. The van der Waals surface area contributed by atoms with Crippen molar-refractivity contribution in [3.05, 3.63) is 70.4 Å². The number of hydrogen-bond acceptors (Lipinski definition) is 8. The lowest BCUT2D eigenvalue weighted by Crippen LogP contribution is -2.46. The molecule has 1 aliphatic heterocycles. The Hall–Kier alpha value is -3.86. The van der Waals surface area contributed by atoms with Gasteiger partial charge in [-0.05, 0) is 72.2 Å². The first kappa shape index (κ1) is 24.3. The normalized spacial score (nSPS) is 15.4. The average molecular weight is 495 g/mol. The molecule has 2 amide bonds. The van der Waals surface area contributed by atoms with Gasteiger partial charge < -0.3 is 20.1 Å². The van der Waals surface area contributed by atoms with Crippen LogP contribution in [0.5, 0.6) is 5.75 Å². The molecule has 0 fully saturated rings. The van der Waals surface area contributed by atoms with Gasteiger partial charge in [0.05, 0.1) is 31.0 Å². The Balaban J connectivity index is 1.66. The summed E-state index contributed by atoms with van der Waals surface area (Å²) < 4.78 is 12.2. The second-order valence-electron chi connectivity index (χ2n) is 7.85. The van der Waals surface area contributed by atoms with Gasteiger partial charge in [0.2, 0.25) is 5.16 Å². The molecule has 0 radical (unpaired) electrons. The van der Waals surface area contributed by atoms with Crippen LogP contribution in [0.15, 0.2) is 58.9 Å². The smallest absolute Gasteiger partial charge is 0.338 e. The summed E-state index contributed by atoms with van der Waals surface area (Å²) in [6.45, 7) is 6.01. The summed E-state index contributed by atoms with van der Waals surface area (Å²) in [6, 6.07) is 12.0. The first-order valence-electron chi connectivity index (χ1n) is 11.0. The zero-order valence-corrected chi connectivity index (χ0v) is 20.7. The van der Waals surface area contributed by atoms with Crippen molar-refractivity contribution in [3.8, 4) is 11.4 Å². The van der Waals surface area contributed by atoms with Gasteiger partial charge in [-0.15, -0.1) is 5.10 Å². The number of aryl methyl sites for hydroxylation is 2. The molecule has 0 aliphatic carbocycles. The van der Waals surface area contributed by atoms with Gasteiger partial charge in [-0.1, -0.05) is 30.0 Å². The van der Waals surface area contributed by atoms with Crippen LogP contribution in [-0.2, 0) is 9.53 Å². The SMILES string of the molecule is CCOC(=O)C1=C(CSc2nnnn2-c2ccc(C)c(C)c2)NC(=O)NC1c1ccc(OC)cc1. The van der Waals surface area contributed by atoms with Crippen molar-refractivity contribution in [2.45, 2.75) is 32.0 Å². The first-order valence-corrected chi connectivity index (χ1v) is 12.0. The van der Waals surface area contributed by atoms with Crippen molar-refractivity contribution in [2.75, 3.05) is 19.5 Å². The molecular weight excluding hydrogens is 468 g/mol. The number of esters is 1. The molecule has 4 rings (SSSR count). The zero-order valence-electron chi connectivity index (χ0n) is 19.9. The number of hydrogen-bond donors (Lipinski definition) is 2. The number of carbonyl (C=O) groups is 2. The molecule has 0 spiro atoms. The lowest BCUT2D eigenvalue weighted by atomic mass is 9.95. The van der Waals surface area contributed by atoms with E-state index in [1.54, 1.807) is 43.0 Å². The maximum atomic E-state index is 13.0. The minimum Gasteiger partial charge on any atom is -0.497 e. The van der Waals surface area contributed by atoms with Gasteiger partial charge in [0, 0.05) is 11.4 Å². The summed E-state index contributed by atoms with van der Waals surface area (Å²) in [5.41, 5.74) is 4.61. The van der Waals surface area contributed by atoms with Gasteiger partial charge in [0.25, 0.3) is 0 Å². The van der Waals surface area contributed by atoms with Crippen molar-refractivity contribution < 1.29 is 19.1 Å². The summed E-state index contributed by atoms with van der Waals surface area (Å²) in [5, 5.41) is 18.2. The molecule has 10 nitrogen and oxygen atoms in total. The number of ether oxygens (including phenoxy) is 2. The van der Waals surface area contributed by atoms with E-state index in [0.717, 1.165) is 16.8 Å². The maximum Gasteiger partial charge on any atom is 0.338 e. The van der Waals surface area contributed by atoms with Crippen LogP contribution in [0.3, 0.4) is 0 Å². The number of amides is 2. The third-order valence-corrected chi connectivity index (χ3v) is 6.57. The standard InChI is InChI=1S/C24H26N6O4S/c1-5-34-22(31)20-19(25-23(32)26-21(20)16-7-10-18(33-4)11-8-16)13-35-24-27-28-29-30(24)17-9-6-14(2)15(3)12-17/h6-12,21H,5,13H2,1-4H3,(H2,25,26,32). The summed E-state index contributed by atoms with van der Waals surface area (Å²) in [5.74, 6) is 0.411. The molecule has 2 N–H and O–H groups in total. The molecule has 35 heavy (non-hydrogen) atoms. The lowest BCUT2D eigenvalue weighted by molar-refractivity contribution is -0.139. The zero-order chi connectivity index (χ0) is 24.9. The van der Waals surface area contributed by atoms with Crippen molar-refractivity contribution >= 4 is 23.8 Å². The number of thioether (sulfide) groups is 1. The van der Waals surface area contributed by atoms with E-state index in [4.69, 9.17) is 9.47 Å². The fraction of sp³-hybridized carbons (Fsp3) is 0.292. The Morgan fingerprint density at radius 2 is 1.91 bits per heavy atom. The predicted octanol–water partition coefficient (Wildman–Crippen LogP) is 3.25. The molecule has 1 aliphatic rings. The molecule has 11 heteroatoms. The van der Waals surface area contributed by atoms with Crippen LogP contribution in [0.25, 0.3) is 5.69 Å². The number of urea groups is 1. The molecular formula is C24H26N6O4S. The second-order valence-corrected chi connectivity index (χ2v) is 8.79. The van der Waals surface area contributed by atoms with Gasteiger partial charge >= 0.3 is 12.0 Å². The van der Waals surface area contributed by atoms with Gasteiger partial charge in [0.1, 0.15) is 5.75 Å². The van der Waals surface area contributed by atoms with Gasteiger partial charge in [-0.2, -0.15) is 4.68 Å². The number of methoxy groups -OCH3 is 1.